The molecule has 4 rings (SSSR count). The molecule has 0 fully saturated rings. The Morgan fingerprint density at radius 3 is 2.35 bits per heavy atom. The van der Waals surface area contributed by atoms with Crippen molar-refractivity contribution in [1.29, 1.82) is 0 Å². The van der Waals surface area contributed by atoms with Crippen LogP contribution in [-0.2, 0) is 23.2 Å². The highest BCUT2D eigenvalue weighted by atomic mass is 16.2. The highest BCUT2D eigenvalue weighted by molar-refractivity contribution is 6.02. The topological polar surface area (TPSA) is 102 Å². The van der Waals surface area contributed by atoms with Gasteiger partial charge in [-0.25, -0.2) is 4.68 Å². The third kappa shape index (κ3) is 5.45. The molecule has 0 radical (unpaired) electrons. The summed E-state index contributed by atoms with van der Waals surface area (Å²) in [6.07, 6.45) is 2.55. The highest BCUT2D eigenvalue weighted by Crippen LogP contribution is 2.30. The van der Waals surface area contributed by atoms with Crippen LogP contribution in [0, 0.1) is 0 Å². The molecule has 1 atom stereocenters. The predicted molar refractivity (Wildman–Crippen MR) is 142 cm³/mol. The number of fused-ring (bicyclic) bond motifs is 1. The van der Waals surface area contributed by atoms with Crippen LogP contribution in [-0.4, -0.2) is 42.7 Å². The second-order valence-electron chi connectivity index (χ2n) is 9.78. The van der Waals surface area contributed by atoms with Crippen molar-refractivity contribution in [3.8, 4) is 0 Å². The van der Waals surface area contributed by atoms with E-state index in [1.54, 1.807) is 24.3 Å². The van der Waals surface area contributed by atoms with Gasteiger partial charge in [0.2, 0.25) is 11.8 Å². The number of ketones is 1. The SMILES string of the molecule is CCC(C)(C)NC(=O)C(c1cccn1C)N(C(=O)Cn1nnc2ccccc21)c1ccc(C(C)=O)cc1. The summed E-state index contributed by atoms with van der Waals surface area (Å²) < 4.78 is 3.36. The highest BCUT2D eigenvalue weighted by Gasteiger charge is 2.36. The zero-order valence-electron chi connectivity index (χ0n) is 21.8. The Labute approximate surface area is 216 Å². The maximum atomic E-state index is 14.0. The first kappa shape index (κ1) is 25.8. The van der Waals surface area contributed by atoms with E-state index in [-0.39, 0.29) is 24.1 Å². The van der Waals surface area contributed by atoms with Gasteiger partial charge in [-0.15, -0.1) is 5.10 Å². The Morgan fingerprint density at radius 1 is 1.03 bits per heavy atom. The normalized spacial score (nSPS) is 12.4. The lowest BCUT2D eigenvalue weighted by Gasteiger charge is -2.34. The average molecular weight is 501 g/mol. The van der Waals surface area contributed by atoms with Gasteiger partial charge in [0, 0.05) is 30.0 Å². The zero-order chi connectivity index (χ0) is 26.7. The minimum Gasteiger partial charge on any atom is -0.352 e. The van der Waals surface area contributed by atoms with E-state index < -0.39 is 11.6 Å². The number of nitrogens with zero attached hydrogens (tertiary/aromatic N) is 5. The molecule has 2 heterocycles. The quantitative estimate of drug-likeness (QED) is 0.349. The molecule has 0 bridgehead atoms. The maximum Gasteiger partial charge on any atom is 0.249 e. The molecule has 0 aliphatic rings. The van der Waals surface area contributed by atoms with E-state index in [2.05, 4.69) is 15.6 Å². The number of amides is 2. The lowest BCUT2D eigenvalue weighted by molar-refractivity contribution is -0.128. The fraction of sp³-hybridized carbons (Fsp3) is 0.321. The second-order valence-corrected chi connectivity index (χ2v) is 9.78. The van der Waals surface area contributed by atoms with E-state index in [1.807, 2.05) is 75.0 Å². The molecule has 192 valence electrons. The van der Waals surface area contributed by atoms with Gasteiger partial charge in [-0.2, -0.15) is 0 Å². The van der Waals surface area contributed by atoms with Crippen LogP contribution in [0.5, 0.6) is 0 Å². The third-order valence-corrected chi connectivity index (χ3v) is 6.64. The summed E-state index contributed by atoms with van der Waals surface area (Å²) in [6, 6.07) is 16.8. The van der Waals surface area contributed by atoms with Crippen molar-refractivity contribution in [2.45, 2.75) is 52.2 Å². The summed E-state index contributed by atoms with van der Waals surface area (Å²) >= 11 is 0. The van der Waals surface area contributed by atoms with E-state index in [0.29, 0.717) is 28.9 Å². The standard InChI is InChI=1S/C28H32N6O3/c1-6-28(3,4)29-27(37)26(24-12-9-17-32(24)5)34(21-15-13-20(14-16-21)19(2)35)25(36)18-33-23-11-8-7-10-22(23)30-31-33/h7-17,26H,6,18H2,1-5H3,(H,29,37). The van der Waals surface area contributed by atoms with Gasteiger partial charge in [0.05, 0.1) is 11.2 Å². The van der Waals surface area contributed by atoms with Gasteiger partial charge in [0.15, 0.2) is 11.8 Å². The minimum atomic E-state index is -0.962. The molecule has 4 aromatic rings. The molecule has 2 aromatic carbocycles. The minimum absolute atomic E-state index is 0.0834. The molecule has 2 amide bonds. The molecular formula is C28H32N6O3. The lowest BCUT2D eigenvalue weighted by atomic mass is 10.00. The zero-order valence-corrected chi connectivity index (χ0v) is 21.8. The number of aryl methyl sites for hydroxylation is 1. The van der Waals surface area contributed by atoms with Gasteiger partial charge in [-0.3, -0.25) is 19.3 Å². The van der Waals surface area contributed by atoms with E-state index in [1.165, 1.54) is 16.5 Å². The number of hydrogen-bond donors (Lipinski definition) is 1. The third-order valence-electron chi connectivity index (χ3n) is 6.64. The molecule has 0 saturated heterocycles. The summed E-state index contributed by atoms with van der Waals surface area (Å²) in [5.74, 6) is -0.733. The van der Waals surface area contributed by atoms with Crippen LogP contribution in [0.3, 0.4) is 0 Å². The Kier molecular flexibility index (Phi) is 7.24. The number of para-hydroxylation sites is 1. The van der Waals surface area contributed by atoms with Crippen molar-refractivity contribution in [1.82, 2.24) is 24.9 Å². The first-order chi connectivity index (χ1) is 17.6. The van der Waals surface area contributed by atoms with Crippen molar-refractivity contribution in [3.63, 3.8) is 0 Å². The molecule has 0 spiro atoms. The molecule has 9 heteroatoms. The largest absolute Gasteiger partial charge is 0.352 e. The number of nitrogens with one attached hydrogen (secondary N) is 1. The maximum absolute atomic E-state index is 14.0. The van der Waals surface area contributed by atoms with Crippen LogP contribution in [0.2, 0.25) is 0 Å². The van der Waals surface area contributed by atoms with Gasteiger partial charge < -0.3 is 9.88 Å². The summed E-state index contributed by atoms with van der Waals surface area (Å²) in [5, 5.41) is 11.4. The van der Waals surface area contributed by atoms with Crippen LogP contribution in [0.4, 0.5) is 5.69 Å². The number of benzene rings is 2. The van der Waals surface area contributed by atoms with Crippen LogP contribution in [0.15, 0.2) is 66.9 Å². The summed E-state index contributed by atoms with van der Waals surface area (Å²) in [4.78, 5) is 41.3. The lowest BCUT2D eigenvalue weighted by Crippen LogP contribution is -2.51. The molecule has 0 saturated carbocycles. The predicted octanol–water partition coefficient (Wildman–Crippen LogP) is 4.05. The Bertz CT molecular complexity index is 1430. The monoisotopic (exact) mass is 500 g/mol. The Balaban J connectivity index is 1.82. The van der Waals surface area contributed by atoms with Gasteiger partial charge in [-0.1, -0.05) is 24.3 Å². The van der Waals surface area contributed by atoms with Gasteiger partial charge in [-0.05, 0) is 75.7 Å². The first-order valence-electron chi connectivity index (χ1n) is 12.3. The number of hydrogen-bond acceptors (Lipinski definition) is 5. The number of Topliss-reactive ketones (excluding diaryl/α,β-unsaturated/α-hetero) is 1. The van der Waals surface area contributed by atoms with Crippen LogP contribution in [0.1, 0.15) is 56.2 Å². The molecule has 9 nitrogen and oxygen atoms in total. The summed E-state index contributed by atoms with van der Waals surface area (Å²) in [7, 11) is 1.84. The molecule has 37 heavy (non-hydrogen) atoms. The number of aromatic nitrogens is 4. The van der Waals surface area contributed by atoms with E-state index in [9.17, 15) is 14.4 Å². The van der Waals surface area contributed by atoms with Crippen LogP contribution in [0.25, 0.3) is 11.0 Å². The molecule has 1 N–H and O–H groups in total. The molecule has 0 aliphatic heterocycles. The van der Waals surface area contributed by atoms with Crippen molar-refractivity contribution >= 4 is 34.3 Å². The van der Waals surface area contributed by atoms with E-state index in [4.69, 9.17) is 0 Å². The molecule has 0 aliphatic carbocycles. The van der Waals surface area contributed by atoms with Gasteiger partial charge in [0.1, 0.15) is 12.1 Å². The fourth-order valence-electron chi connectivity index (χ4n) is 4.16. The van der Waals surface area contributed by atoms with Gasteiger partial charge in [0.25, 0.3) is 0 Å². The van der Waals surface area contributed by atoms with Gasteiger partial charge >= 0.3 is 0 Å². The Morgan fingerprint density at radius 2 is 1.73 bits per heavy atom. The number of carbonyl (C=O) groups excluding carboxylic acids is 3. The molecule has 2 aromatic heterocycles. The number of anilines is 1. The smallest absolute Gasteiger partial charge is 0.249 e. The molecular weight excluding hydrogens is 468 g/mol. The van der Waals surface area contributed by atoms with Crippen molar-refractivity contribution in [2.75, 3.05) is 4.90 Å². The summed E-state index contributed by atoms with van der Waals surface area (Å²) in [5.41, 5.74) is 2.58. The van der Waals surface area contributed by atoms with E-state index in [0.717, 1.165) is 5.52 Å². The number of rotatable bonds is 9. The van der Waals surface area contributed by atoms with Crippen molar-refractivity contribution in [3.05, 3.63) is 78.1 Å². The Hall–Kier alpha value is -4.27. The van der Waals surface area contributed by atoms with E-state index >= 15 is 0 Å². The van der Waals surface area contributed by atoms with Crippen molar-refractivity contribution in [2.24, 2.45) is 7.05 Å². The average Bonchev–Trinajstić information content (AvgIpc) is 3.48. The van der Waals surface area contributed by atoms with Crippen LogP contribution >= 0.6 is 0 Å². The fourth-order valence-corrected chi connectivity index (χ4v) is 4.16. The summed E-state index contributed by atoms with van der Waals surface area (Å²) in [6.45, 7) is 7.25. The number of carbonyl (C=O) groups is 3. The second kappa shape index (κ2) is 10.4. The van der Waals surface area contributed by atoms with Crippen LogP contribution < -0.4 is 10.2 Å². The molecule has 1 unspecified atom stereocenters. The van der Waals surface area contributed by atoms with Crippen molar-refractivity contribution < 1.29 is 14.4 Å². The first-order valence-corrected chi connectivity index (χ1v) is 12.3.